The number of benzene rings is 1. The molecule has 1 aromatic carbocycles. The lowest BCUT2D eigenvalue weighted by Crippen LogP contribution is -3.10. The predicted octanol–water partition coefficient (Wildman–Crippen LogP) is -0.377. The van der Waals surface area contributed by atoms with Gasteiger partial charge in [0.25, 0.3) is 0 Å². The Labute approximate surface area is 117 Å². The van der Waals surface area contributed by atoms with Crippen LogP contribution in [0.5, 0.6) is 5.75 Å². The summed E-state index contributed by atoms with van der Waals surface area (Å²) in [5.41, 5.74) is 1.04. The maximum atomic E-state index is 10.8. The van der Waals surface area contributed by atoms with Crippen molar-refractivity contribution < 1.29 is 24.0 Å². The molecule has 1 N–H and O–H groups in total. The molecule has 1 atom stereocenters. The molecule has 1 aromatic heterocycles. The normalized spacial score (nSPS) is 12.1. The van der Waals surface area contributed by atoms with E-state index in [0.29, 0.717) is 13.1 Å². The van der Waals surface area contributed by atoms with Crippen molar-refractivity contribution in [1.29, 1.82) is 0 Å². The number of carboxylic acids is 1. The first-order chi connectivity index (χ1) is 9.67. The van der Waals surface area contributed by atoms with E-state index in [0.717, 1.165) is 22.0 Å². The number of quaternary nitrogens is 1. The van der Waals surface area contributed by atoms with Gasteiger partial charge in [0.15, 0.2) is 5.76 Å². The summed E-state index contributed by atoms with van der Waals surface area (Å²) in [4.78, 5) is 11.7. The molecule has 0 fully saturated rings. The van der Waals surface area contributed by atoms with Gasteiger partial charge in [-0.05, 0) is 36.4 Å². The van der Waals surface area contributed by atoms with Crippen LogP contribution in [-0.2, 0) is 17.9 Å². The van der Waals surface area contributed by atoms with Crippen LogP contribution in [0.25, 0.3) is 0 Å². The summed E-state index contributed by atoms with van der Waals surface area (Å²) in [6.45, 7) is 1.03. The lowest BCUT2D eigenvalue weighted by Gasteiger charge is -2.19. The van der Waals surface area contributed by atoms with Gasteiger partial charge in [-0.1, -0.05) is 0 Å². The second-order valence-corrected chi connectivity index (χ2v) is 4.58. The first-order valence-electron chi connectivity index (χ1n) is 6.36. The lowest BCUT2D eigenvalue weighted by atomic mass is 10.2. The van der Waals surface area contributed by atoms with Crippen molar-refractivity contribution >= 4 is 5.97 Å². The molecule has 0 aliphatic carbocycles. The Morgan fingerprint density at radius 2 is 2.00 bits per heavy atom. The fraction of sp³-hybridized carbons (Fsp3) is 0.267. The molecule has 1 unspecified atom stereocenters. The lowest BCUT2D eigenvalue weighted by molar-refractivity contribution is -0.922. The van der Waals surface area contributed by atoms with Gasteiger partial charge >= 0.3 is 0 Å². The Kier molecular flexibility index (Phi) is 4.79. The van der Waals surface area contributed by atoms with E-state index in [1.807, 2.05) is 30.3 Å². The minimum absolute atomic E-state index is 0.0628. The number of ether oxygens (including phenoxy) is 1. The van der Waals surface area contributed by atoms with E-state index >= 15 is 0 Å². The minimum Gasteiger partial charge on any atom is -0.544 e. The Hall–Kier alpha value is -2.27. The van der Waals surface area contributed by atoms with E-state index in [-0.39, 0.29) is 6.54 Å². The smallest absolute Gasteiger partial charge is 0.157 e. The molecule has 0 spiro atoms. The molecule has 2 rings (SSSR count). The zero-order chi connectivity index (χ0) is 14.4. The molecule has 0 saturated carbocycles. The van der Waals surface area contributed by atoms with Gasteiger partial charge in [-0.15, -0.1) is 0 Å². The molecular formula is C15H17NO4. The van der Waals surface area contributed by atoms with E-state index in [1.165, 1.54) is 0 Å². The molecule has 0 radical (unpaired) electrons. The van der Waals surface area contributed by atoms with Crippen molar-refractivity contribution in [3.05, 3.63) is 54.0 Å². The van der Waals surface area contributed by atoms with Gasteiger partial charge in [0.05, 0.1) is 19.3 Å². The number of nitrogens with one attached hydrogen (secondary N) is 1. The number of rotatable bonds is 7. The maximum Gasteiger partial charge on any atom is 0.157 e. The van der Waals surface area contributed by atoms with Crippen LogP contribution in [0.2, 0.25) is 0 Å². The van der Waals surface area contributed by atoms with Crippen LogP contribution in [0.15, 0.2) is 47.1 Å². The van der Waals surface area contributed by atoms with Gasteiger partial charge in [-0.3, -0.25) is 0 Å². The fourth-order valence-corrected chi connectivity index (χ4v) is 2.08. The van der Waals surface area contributed by atoms with Gasteiger partial charge in [0.2, 0.25) is 0 Å². The van der Waals surface area contributed by atoms with Crippen LogP contribution in [0, 0.1) is 0 Å². The number of carboxylic acid groups (broad SMARTS) is 1. The van der Waals surface area contributed by atoms with Crippen molar-refractivity contribution in [2.24, 2.45) is 0 Å². The number of methoxy groups -OCH3 is 1. The number of carbonyl (C=O) groups excluding carboxylic acids is 1. The van der Waals surface area contributed by atoms with E-state index < -0.39 is 5.97 Å². The largest absolute Gasteiger partial charge is 0.544 e. The van der Waals surface area contributed by atoms with Crippen LogP contribution >= 0.6 is 0 Å². The Bertz CT molecular complexity index is 534. The molecule has 106 valence electrons. The molecule has 0 aliphatic heterocycles. The fourth-order valence-electron chi connectivity index (χ4n) is 2.08. The minimum atomic E-state index is -1.07. The Morgan fingerprint density at radius 3 is 2.55 bits per heavy atom. The summed E-state index contributed by atoms with van der Waals surface area (Å²) in [5.74, 6) is 0.469. The van der Waals surface area contributed by atoms with Crippen molar-refractivity contribution in [3.63, 3.8) is 0 Å². The van der Waals surface area contributed by atoms with Crippen LogP contribution in [0.1, 0.15) is 11.3 Å². The van der Waals surface area contributed by atoms with E-state index in [4.69, 9.17) is 9.15 Å². The summed E-state index contributed by atoms with van der Waals surface area (Å²) in [6.07, 6.45) is 1.58. The summed E-state index contributed by atoms with van der Waals surface area (Å²) >= 11 is 0. The zero-order valence-electron chi connectivity index (χ0n) is 11.3. The second-order valence-electron chi connectivity index (χ2n) is 4.58. The third kappa shape index (κ3) is 4.13. The third-order valence-corrected chi connectivity index (χ3v) is 3.01. The Morgan fingerprint density at radius 1 is 1.25 bits per heavy atom. The third-order valence-electron chi connectivity index (χ3n) is 3.01. The molecule has 0 amide bonds. The zero-order valence-corrected chi connectivity index (χ0v) is 11.3. The molecule has 0 saturated heterocycles. The summed E-state index contributed by atoms with van der Waals surface area (Å²) in [5, 5.41) is 10.8. The standard InChI is InChI=1S/C15H17NO4/c1-19-13-6-4-12(5-7-13)9-16(11-15(17)18)10-14-3-2-8-20-14/h2-8H,9-11H2,1H3,(H,17,18). The van der Waals surface area contributed by atoms with Crippen molar-refractivity contribution in [1.82, 2.24) is 0 Å². The van der Waals surface area contributed by atoms with E-state index in [9.17, 15) is 9.90 Å². The molecule has 2 aromatic rings. The SMILES string of the molecule is COc1ccc(C[NH+](CC(=O)[O-])Cc2ccco2)cc1. The number of hydrogen-bond acceptors (Lipinski definition) is 4. The van der Waals surface area contributed by atoms with Crippen LogP contribution < -0.4 is 14.7 Å². The maximum absolute atomic E-state index is 10.8. The Balaban J connectivity index is 2.03. The topological polar surface area (TPSA) is 66.9 Å². The number of furan rings is 1. The first kappa shape index (κ1) is 14.1. The predicted molar refractivity (Wildman–Crippen MR) is 69.9 cm³/mol. The average Bonchev–Trinajstić information content (AvgIpc) is 2.91. The molecule has 0 bridgehead atoms. The van der Waals surface area contributed by atoms with Crippen molar-refractivity contribution in [2.45, 2.75) is 13.1 Å². The van der Waals surface area contributed by atoms with Crippen molar-refractivity contribution in [2.75, 3.05) is 13.7 Å². The number of carbonyl (C=O) groups is 1. The van der Waals surface area contributed by atoms with Crippen LogP contribution in [-0.4, -0.2) is 19.6 Å². The monoisotopic (exact) mass is 275 g/mol. The van der Waals surface area contributed by atoms with Crippen LogP contribution in [0.3, 0.4) is 0 Å². The first-order valence-corrected chi connectivity index (χ1v) is 6.36. The van der Waals surface area contributed by atoms with Crippen LogP contribution in [0.4, 0.5) is 0 Å². The summed E-state index contributed by atoms with van der Waals surface area (Å²) < 4.78 is 10.4. The molecule has 1 heterocycles. The highest BCUT2D eigenvalue weighted by Gasteiger charge is 2.13. The highest BCUT2D eigenvalue weighted by molar-refractivity contribution is 5.65. The second kappa shape index (κ2) is 6.77. The highest BCUT2D eigenvalue weighted by Crippen LogP contribution is 2.10. The van der Waals surface area contributed by atoms with Crippen molar-refractivity contribution in [3.8, 4) is 5.75 Å². The van der Waals surface area contributed by atoms with Gasteiger partial charge in [-0.25, -0.2) is 0 Å². The van der Waals surface area contributed by atoms with E-state index in [2.05, 4.69) is 0 Å². The summed E-state index contributed by atoms with van der Waals surface area (Å²) in [6, 6.07) is 11.2. The van der Waals surface area contributed by atoms with Gasteiger partial charge in [-0.2, -0.15) is 0 Å². The molecule has 5 heteroatoms. The highest BCUT2D eigenvalue weighted by atomic mass is 16.5. The van der Waals surface area contributed by atoms with Gasteiger partial charge in [0, 0.05) is 5.56 Å². The number of hydrogen-bond donors (Lipinski definition) is 1. The average molecular weight is 275 g/mol. The van der Waals surface area contributed by atoms with E-state index in [1.54, 1.807) is 19.4 Å². The van der Waals surface area contributed by atoms with Gasteiger partial charge < -0.3 is 24.0 Å². The van der Waals surface area contributed by atoms with Gasteiger partial charge in [0.1, 0.15) is 25.4 Å². The molecule has 0 aliphatic rings. The number of aliphatic carboxylic acids is 1. The molecule has 5 nitrogen and oxygen atoms in total. The molecular weight excluding hydrogens is 258 g/mol. The summed E-state index contributed by atoms with van der Waals surface area (Å²) in [7, 11) is 1.61. The quantitative estimate of drug-likeness (QED) is 0.748. The molecule has 20 heavy (non-hydrogen) atoms.